The molecule has 0 N–H and O–H groups in total. The molecular formula is C15H18O3. The van der Waals surface area contributed by atoms with E-state index in [4.69, 9.17) is 9.47 Å². The molecule has 0 saturated heterocycles. The lowest BCUT2D eigenvalue weighted by Gasteiger charge is -2.09. The van der Waals surface area contributed by atoms with Crippen LogP contribution in [0.4, 0.5) is 0 Å². The molecule has 1 aliphatic heterocycles. The molecule has 1 heterocycles. The predicted octanol–water partition coefficient (Wildman–Crippen LogP) is 3.01. The second-order valence-electron chi connectivity index (χ2n) is 4.53. The average Bonchev–Trinajstić information content (AvgIpc) is 2.73. The highest BCUT2D eigenvalue weighted by atomic mass is 16.5. The number of ether oxygens (including phenoxy) is 2. The van der Waals surface area contributed by atoms with Crippen LogP contribution in [-0.2, 0) is 11.2 Å². The number of hydrogen-bond acceptors (Lipinski definition) is 3. The van der Waals surface area contributed by atoms with Crippen molar-refractivity contribution in [2.24, 2.45) is 0 Å². The molecule has 3 nitrogen and oxygen atoms in total. The monoisotopic (exact) mass is 246 g/mol. The summed E-state index contributed by atoms with van der Waals surface area (Å²) in [4.78, 5) is 10.9. The van der Waals surface area contributed by atoms with E-state index < -0.39 is 0 Å². The second kappa shape index (κ2) is 5.25. The van der Waals surface area contributed by atoms with Crippen LogP contribution < -0.4 is 9.47 Å². The van der Waals surface area contributed by atoms with Gasteiger partial charge in [-0.15, -0.1) is 0 Å². The van der Waals surface area contributed by atoms with Crippen LogP contribution in [0.2, 0.25) is 0 Å². The van der Waals surface area contributed by atoms with Crippen molar-refractivity contribution in [2.45, 2.75) is 32.8 Å². The van der Waals surface area contributed by atoms with Crippen LogP contribution in [0.15, 0.2) is 17.7 Å². The third-order valence-corrected chi connectivity index (χ3v) is 3.15. The van der Waals surface area contributed by atoms with Gasteiger partial charge in [-0.1, -0.05) is 6.92 Å². The van der Waals surface area contributed by atoms with Crippen molar-refractivity contribution in [2.75, 3.05) is 7.11 Å². The molecule has 18 heavy (non-hydrogen) atoms. The molecule has 3 heteroatoms. The SMILES string of the molecule is CC/C(C=O)=C/c1cc2c(cc1OC)CC(C)O2. The van der Waals surface area contributed by atoms with Crippen LogP contribution in [0, 0.1) is 0 Å². The van der Waals surface area contributed by atoms with Crippen LogP contribution >= 0.6 is 0 Å². The summed E-state index contributed by atoms with van der Waals surface area (Å²) in [6, 6.07) is 3.96. The lowest BCUT2D eigenvalue weighted by Crippen LogP contribution is -2.05. The van der Waals surface area contributed by atoms with Gasteiger partial charge in [-0.2, -0.15) is 0 Å². The minimum atomic E-state index is 0.209. The normalized spacial score (nSPS) is 18.2. The molecule has 0 aliphatic carbocycles. The first-order valence-corrected chi connectivity index (χ1v) is 6.21. The highest BCUT2D eigenvalue weighted by molar-refractivity contribution is 5.83. The lowest BCUT2D eigenvalue weighted by molar-refractivity contribution is -0.104. The molecule has 1 aromatic carbocycles. The fourth-order valence-electron chi connectivity index (χ4n) is 2.16. The van der Waals surface area contributed by atoms with Crippen molar-refractivity contribution >= 4 is 12.4 Å². The van der Waals surface area contributed by atoms with E-state index in [1.165, 1.54) is 5.56 Å². The lowest BCUT2D eigenvalue weighted by atomic mass is 10.0. The Bertz CT molecular complexity index is 489. The molecule has 0 saturated carbocycles. The third-order valence-electron chi connectivity index (χ3n) is 3.15. The maximum atomic E-state index is 10.9. The summed E-state index contributed by atoms with van der Waals surface area (Å²) in [6.07, 6.45) is 4.57. The maximum Gasteiger partial charge on any atom is 0.146 e. The Hall–Kier alpha value is -1.77. The fourth-order valence-corrected chi connectivity index (χ4v) is 2.16. The Labute approximate surface area is 107 Å². The molecule has 0 amide bonds. The highest BCUT2D eigenvalue weighted by Gasteiger charge is 2.21. The minimum Gasteiger partial charge on any atom is -0.496 e. The first-order chi connectivity index (χ1) is 8.67. The molecule has 0 radical (unpaired) electrons. The van der Waals surface area contributed by atoms with Gasteiger partial charge in [0.15, 0.2) is 0 Å². The van der Waals surface area contributed by atoms with Crippen LogP contribution in [0.5, 0.6) is 11.5 Å². The van der Waals surface area contributed by atoms with Crippen LogP contribution in [0.1, 0.15) is 31.4 Å². The van der Waals surface area contributed by atoms with Gasteiger partial charge < -0.3 is 9.47 Å². The van der Waals surface area contributed by atoms with E-state index in [1.807, 2.05) is 32.1 Å². The first-order valence-electron chi connectivity index (χ1n) is 6.21. The summed E-state index contributed by atoms with van der Waals surface area (Å²) >= 11 is 0. The van der Waals surface area contributed by atoms with Gasteiger partial charge >= 0.3 is 0 Å². The van der Waals surface area contributed by atoms with E-state index in [1.54, 1.807) is 7.11 Å². The van der Waals surface area contributed by atoms with E-state index in [2.05, 4.69) is 0 Å². The summed E-state index contributed by atoms with van der Waals surface area (Å²) in [5, 5.41) is 0. The summed E-state index contributed by atoms with van der Waals surface area (Å²) < 4.78 is 11.1. The summed E-state index contributed by atoms with van der Waals surface area (Å²) in [5.74, 6) is 1.69. The maximum absolute atomic E-state index is 10.9. The standard InChI is InChI=1S/C15H18O3/c1-4-11(9-16)6-13-8-15-12(5-10(2)18-15)7-14(13)17-3/h6-10H,4-5H2,1-3H3/b11-6-. The summed E-state index contributed by atoms with van der Waals surface area (Å²) in [5.41, 5.74) is 2.81. The number of hydrogen-bond donors (Lipinski definition) is 0. The zero-order valence-electron chi connectivity index (χ0n) is 11.0. The van der Waals surface area contributed by atoms with Gasteiger partial charge in [-0.05, 0) is 37.1 Å². The van der Waals surface area contributed by atoms with Gasteiger partial charge in [0.05, 0.1) is 7.11 Å². The molecular weight excluding hydrogens is 228 g/mol. The molecule has 0 bridgehead atoms. The van der Waals surface area contributed by atoms with Gasteiger partial charge in [0.2, 0.25) is 0 Å². The quantitative estimate of drug-likeness (QED) is 0.605. The molecule has 1 aliphatic rings. The Morgan fingerprint density at radius 2 is 2.33 bits per heavy atom. The van der Waals surface area contributed by atoms with E-state index in [0.717, 1.165) is 35.3 Å². The molecule has 1 aromatic rings. The Balaban J connectivity index is 2.45. The molecule has 1 unspecified atom stereocenters. The van der Waals surface area contributed by atoms with Crippen molar-refractivity contribution < 1.29 is 14.3 Å². The van der Waals surface area contributed by atoms with Gasteiger partial charge in [-0.25, -0.2) is 0 Å². The molecule has 2 rings (SSSR count). The minimum absolute atomic E-state index is 0.209. The van der Waals surface area contributed by atoms with Gasteiger partial charge in [0, 0.05) is 17.5 Å². The number of carbonyl (C=O) groups excluding carboxylic acids is 1. The number of aldehydes is 1. The van der Waals surface area contributed by atoms with Crippen LogP contribution in [0.25, 0.3) is 6.08 Å². The number of carbonyl (C=O) groups is 1. The zero-order valence-corrected chi connectivity index (χ0v) is 11.0. The Morgan fingerprint density at radius 1 is 1.56 bits per heavy atom. The number of allylic oxidation sites excluding steroid dienone is 1. The average molecular weight is 246 g/mol. The predicted molar refractivity (Wildman–Crippen MR) is 71.1 cm³/mol. The zero-order chi connectivity index (χ0) is 13.1. The highest BCUT2D eigenvalue weighted by Crippen LogP contribution is 2.35. The third kappa shape index (κ3) is 2.40. The van der Waals surface area contributed by atoms with E-state index in [-0.39, 0.29) is 6.10 Å². The topological polar surface area (TPSA) is 35.5 Å². The molecule has 0 aromatic heterocycles. The molecule has 1 atom stereocenters. The van der Waals surface area contributed by atoms with E-state index in [0.29, 0.717) is 6.42 Å². The van der Waals surface area contributed by atoms with Crippen molar-refractivity contribution in [3.63, 3.8) is 0 Å². The summed E-state index contributed by atoms with van der Waals surface area (Å²) in [6.45, 7) is 4.00. The second-order valence-corrected chi connectivity index (χ2v) is 4.53. The van der Waals surface area contributed by atoms with Gasteiger partial charge in [0.1, 0.15) is 23.9 Å². The van der Waals surface area contributed by atoms with Crippen molar-refractivity contribution in [3.8, 4) is 11.5 Å². The molecule has 0 spiro atoms. The smallest absolute Gasteiger partial charge is 0.146 e. The summed E-state index contributed by atoms with van der Waals surface area (Å²) in [7, 11) is 1.64. The first kappa shape index (κ1) is 12.7. The number of benzene rings is 1. The van der Waals surface area contributed by atoms with Crippen molar-refractivity contribution in [1.82, 2.24) is 0 Å². The number of fused-ring (bicyclic) bond motifs is 1. The van der Waals surface area contributed by atoms with Crippen LogP contribution in [0.3, 0.4) is 0 Å². The largest absolute Gasteiger partial charge is 0.496 e. The van der Waals surface area contributed by atoms with Gasteiger partial charge in [0.25, 0.3) is 0 Å². The molecule has 0 fully saturated rings. The number of methoxy groups -OCH3 is 1. The molecule has 96 valence electrons. The Morgan fingerprint density at radius 3 is 2.94 bits per heavy atom. The fraction of sp³-hybridized carbons (Fsp3) is 0.400. The van der Waals surface area contributed by atoms with Crippen molar-refractivity contribution in [3.05, 3.63) is 28.8 Å². The van der Waals surface area contributed by atoms with Crippen LogP contribution in [-0.4, -0.2) is 19.5 Å². The van der Waals surface area contributed by atoms with Gasteiger partial charge in [-0.3, -0.25) is 4.79 Å². The van der Waals surface area contributed by atoms with Crippen molar-refractivity contribution in [1.29, 1.82) is 0 Å². The van der Waals surface area contributed by atoms with E-state index in [9.17, 15) is 4.79 Å². The van der Waals surface area contributed by atoms with E-state index >= 15 is 0 Å². The Kier molecular flexibility index (Phi) is 3.70. The number of rotatable bonds is 4.